The van der Waals surface area contributed by atoms with Crippen molar-refractivity contribution < 1.29 is 29.5 Å². The first-order valence-corrected chi connectivity index (χ1v) is 9.47. The Bertz CT molecular complexity index is 275. The van der Waals surface area contributed by atoms with E-state index < -0.39 is 18.4 Å². The van der Waals surface area contributed by atoms with Crippen molar-refractivity contribution in [3.8, 4) is 0 Å². The molecular formula is C18H38O6. The lowest BCUT2D eigenvalue weighted by Gasteiger charge is -2.40. The SMILES string of the molecule is CCCCCOC(O)(CO)C(O)(OCCCCC)OCCCCC. The second-order valence-corrected chi connectivity index (χ2v) is 6.19. The van der Waals surface area contributed by atoms with Gasteiger partial charge in [0.25, 0.3) is 5.79 Å². The number of hydrogen-bond acceptors (Lipinski definition) is 6. The predicted molar refractivity (Wildman–Crippen MR) is 93.4 cm³/mol. The fraction of sp³-hybridized carbons (Fsp3) is 1.00. The van der Waals surface area contributed by atoms with E-state index in [1.165, 1.54) is 0 Å². The van der Waals surface area contributed by atoms with Gasteiger partial charge in [0.15, 0.2) is 0 Å². The van der Waals surface area contributed by atoms with Gasteiger partial charge in [-0.2, -0.15) is 0 Å². The van der Waals surface area contributed by atoms with Crippen LogP contribution in [-0.4, -0.2) is 53.5 Å². The highest BCUT2D eigenvalue weighted by atomic mass is 16.9. The molecule has 0 fully saturated rings. The summed E-state index contributed by atoms with van der Waals surface area (Å²) in [5, 5.41) is 30.9. The van der Waals surface area contributed by atoms with Crippen LogP contribution in [0.1, 0.15) is 78.6 Å². The Kier molecular flexibility index (Phi) is 13.8. The molecule has 0 heterocycles. The second kappa shape index (κ2) is 14.0. The fourth-order valence-electron chi connectivity index (χ4n) is 2.22. The van der Waals surface area contributed by atoms with Gasteiger partial charge in [-0.1, -0.05) is 59.3 Å². The van der Waals surface area contributed by atoms with Gasteiger partial charge >= 0.3 is 5.97 Å². The van der Waals surface area contributed by atoms with Gasteiger partial charge in [-0.3, -0.25) is 0 Å². The Morgan fingerprint density at radius 1 is 0.625 bits per heavy atom. The maximum atomic E-state index is 10.7. The van der Waals surface area contributed by atoms with E-state index in [1.807, 2.05) is 0 Å². The minimum absolute atomic E-state index is 0.212. The zero-order chi connectivity index (χ0) is 18.3. The maximum absolute atomic E-state index is 10.7. The number of ether oxygens (including phenoxy) is 3. The van der Waals surface area contributed by atoms with Crippen LogP contribution in [0.3, 0.4) is 0 Å². The van der Waals surface area contributed by atoms with Gasteiger partial charge in [-0.25, -0.2) is 0 Å². The zero-order valence-electron chi connectivity index (χ0n) is 15.8. The molecule has 0 aromatic carbocycles. The summed E-state index contributed by atoms with van der Waals surface area (Å²) in [4.78, 5) is 0. The second-order valence-electron chi connectivity index (χ2n) is 6.19. The zero-order valence-corrected chi connectivity index (χ0v) is 15.8. The van der Waals surface area contributed by atoms with E-state index >= 15 is 0 Å². The normalized spacial score (nSPS) is 14.8. The highest BCUT2D eigenvalue weighted by molar-refractivity contribution is 4.78. The van der Waals surface area contributed by atoms with Crippen LogP contribution < -0.4 is 0 Å². The van der Waals surface area contributed by atoms with Crippen LogP contribution in [-0.2, 0) is 14.2 Å². The molecule has 0 rings (SSSR count). The average molecular weight is 350 g/mol. The van der Waals surface area contributed by atoms with Crippen LogP contribution in [0.4, 0.5) is 0 Å². The van der Waals surface area contributed by atoms with Crippen molar-refractivity contribution in [2.75, 3.05) is 26.4 Å². The Labute approximate surface area is 147 Å². The smallest absolute Gasteiger partial charge is 0.340 e. The van der Waals surface area contributed by atoms with E-state index in [4.69, 9.17) is 14.2 Å². The van der Waals surface area contributed by atoms with Gasteiger partial charge in [0.1, 0.15) is 6.61 Å². The van der Waals surface area contributed by atoms with Gasteiger partial charge < -0.3 is 29.5 Å². The van der Waals surface area contributed by atoms with E-state index in [2.05, 4.69) is 20.8 Å². The van der Waals surface area contributed by atoms with Crippen LogP contribution in [0.15, 0.2) is 0 Å². The third-order valence-corrected chi connectivity index (χ3v) is 3.89. The van der Waals surface area contributed by atoms with Crippen LogP contribution in [0.2, 0.25) is 0 Å². The molecule has 0 aliphatic heterocycles. The predicted octanol–water partition coefficient (Wildman–Crippen LogP) is 2.93. The minimum atomic E-state index is -2.37. The molecule has 0 saturated carbocycles. The molecular weight excluding hydrogens is 312 g/mol. The summed E-state index contributed by atoms with van der Waals surface area (Å²) < 4.78 is 16.2. The summed E-state index contributed by atoms with van der Waals surface area (Å²) in [6.07, 6.45) is 8.04. The van der Waals surface area contributed by atoms with Crippen molar-refractivity contribution >= 4 is 0 Å². The van der Waals surface area contributed by atoms with Gasteiger partial charge in [-0.15, -0.1) is 0 Å². The molecule has 1 atom stereocenters. The Morgan fingerprint density at radius 3 is 1.33 bits per heavy atom. The van der Waals surface area contributed by atoms with Crippen molar-refractivity contribution in [2.24, 2.45) is 0 Å². The van der Waals surface area contributed by atoms with E-state index in [1.54, 1.807) is 0 Å². The molecule has 0 radical (unpaired) electrons. The van der Waals surface area contributed by atoms with Crippen molar-refractivity contribution in [3.05, 3.63) is 0 Å². The minimum Gasteiger partial charge on any atom is -0.390 e. The first-order valence-electron chi connectivity index (χ1n) is 9.47. The molecule has 0 aliphatic rings. The van der Waals surface area contributed by atoms with Crippen molar-refractivity contribution in [3.63, 3.8) is 0 Å². The third-order valence-electron chi connectivity index (χ3n) is 3.89. The average Bonchev–Trinajstić information content (AvgIpc) is 2.59. The molecule has 0 spiro atoms. The van der Waals surface area contributed by atoms with Crippen LogP contribution in [0.25, 0.3) is 0 Å². The largest absolute Gasteiger partial charge is 0.390 e. The van der Waals surface area contributed by atoms with Gasteiger partial charge in [0.2, 0.25) is 0 Å². The molecule has 1 unspecified atom stereocenters. The molecule has 0 bridgehead atoms. The lowest BCUT2D eigenvalue weighted by Crippen LogP contribution is -2.62. The van der Waals surface area contributed by atoms with Gasteiger partial charge in [0, 0.05) is 0 Å². The highest BCUT2D eigenvalue weighted by Crippen LogP contribution is 2.28. The van der Waals surface area contributed by atoms with Crippen LogP contribution >= 0.6 is 0 Å². The molecule has 0 aliphatic carbocycles. The van der Waals surface area contributed by atoms with Crippen molar-refractivity contribution in [1.82, 2.24) is 0 Å². The lowest BCUT2D eigenvalue weighted by atomic mass is 10.2. The van der Waals surface area contributed by atoms with E-state index in [0.717, 1.165) is 57.8 Å². The van der Waals surface area contributed by atoms with Crippen molar-refractivity contribution in [2.45, 2.75) is 90.3 Å². The first-order chi connectivity index (χ1) is 11.5. The molecule has 6 nitrogen and oxygen atoms in total. The third kappa shape index (κ3) is 8.74. The summed E-state index contributed by atoms with van der Waals surface area (Å²) in [5.41, 5.74) is 0. The topological polar surface area (TPSA) is 88.4 Å². The van der Waals surface area contributed by atoms with E-state index in [9.17, 15) is 15.3 Å². The number of hydrogen-bond donors (Lipinski definition) is 3. The first kappa shape index (κ1) is 23.8. The Hall–Kier alpha value is -0.240. The van der Waals surface area contributed by atoms with E-state index in [-0.39, 0.29) is 19.8 Å². The number of aliphatic hydroxyl groups is 3. The van der Waals surface area contributed by atoms with E-state index in [0.29, 0.717) is 0 Å². The lowest BCUT2D eigenvalue weighted by molar-refractivity contribution is -0.484. The quantitative estimate of drug-likeness (QED) is 0.276. The Balaban J connectivity index is 4.78. The number of rotatable bonds is 17. The molecule has 0 aromatic rings. The highest BCUT2D eigenvalue weighted by Gasteiger charge is 2.54. The molecule has 0 aromatic heterocycles. The molecule has 6 heteroatoms. The van der Waals surface area contributed by atoms with Gasteiger partial charge in [0.05, 0.1) is 19.8 Å². The molecule has 24 heavy (non-hydrogen) atoms. The molecule has 3 N–H and O–H groups in total. The summed E-state index contributed by atoms with van der Waals surface area (Å²) in [6.45, 7) is 6.03. The summed E-state index contributed by atoms with van der Waals surface area (Å²) in [5.74, 6) is -4.66. The number of aliphatic hydroxyl groups excluding tert-OH is 1. The van der Waals surface area contributed by atoms with Crippen molar-refractivity contribution in [1.29, 1.82) is 0 Å². The number of unbranched alkanes of at least 4 members (excludes halogenated alkanes) is 6. The van der Waals surface area contributed by atoms with Crippen LogP contribution in [0.5, 0.6) is 0 Å². The monoisotopic (exact) mass is 350 g/mol. The molecule has 146 valence electrons. The van der Waals surface area contributed by atoms with Gasteiger partial charge in [-0.05, 0) is 19.3 Å². The maximum Gasteiger partial charge on any atom is 0.340 e. The summed E-state index contributed by atoms with van der Waals surface area (Å²) >= 11 is 0. The standard InChI is InChI=1S/C18H38O6/c1-4-7-10-13-22-17(20,16-19)18(21,23-14-11-8-5-2)24-15-12-9-6-3/h19-21H,4-16H2,1-3H3. The molecule has 0 saturated heterocycles. The Morgan fingerprint density at radius 2 is 1.00 bits per heavy atom. The fourth-order valence-corrected chi connectivity index (χ4v) is 2.22. The molecule has 0 amide bonds. The van der Waals surface area contributed by atoms with Crippen LogP contribution in [0, 0.1) is 0 Å². The summed E-state index contributed by atoms with van der Waals surface area (Å²) in [7, 11) is 0. The summed E-state index contributed by atoms with van der Waals surface area (Å²) in [6, 6.07) is 0.